The average Bonchev–Trinajstić information content (AvgIpc) is 2.90. The van der Waals surface area contributed by atoms with Crippen molar-refractivity contribution >= 4 is 11.8 Å². The molecule has 0 radical (unpaired) electrons. The van der Waals surface area contributed by atoms with Crippen molar-refractivity contribution in [3.63, 3.8) is 0 Å². The van der Waals surface area contributed by atoms with Crippen LogP contribution in [0.5, 0.6) is 0 Å². The minimum absolute atomic E-state index is 0.737. The van der Waals surface area contributed by atoms with Crippen molar-refractivity contribution in [3.8, 4) is 0 Å². The number of nitrogens with zero attached hydrogens (tertiary/aromatic N) is 1. The van der Waals surface area contributed by atoms with Crippen molar-refractivity contribution in [3.05, 3.63) is 29.8 Å². The zero-order chi connectivity index (χ0) is 13.8. The topological polar surface area (TPSA) is 15.3 Å². The predicted octanol–water partition coefficient (Wildman–Crippen LogP) is 3.17. The quantitative estimate of drug-likeness (QED) is 0.897. The number of likely N-dealkylation sites (tertiary alicyclic amines) is 1. The third-order valence-electron chi connectivity index (χ3n) is 4.48. The number of thioether (sulfide) groups is 1. The molecular weight excluding hydrogens is 264 g/mol. The zero-order valence-electron chi connectivity index (χ0n) is 12.5. The summed E-state index contributed by atoms with van der Waals surface area (Å²) in [4.78, 5) is 4.11. The van der Waals surface area contributed by atoms with Crippen LogP contribution in [0.25, 0.3) is 0 Å². The molecule has 110 valence electrons. The van der Waals surface area contributed by atoms with E-state index >= 15 is 0 Å². The van der Waals surface area contributed by atoms with Crippen molar-refractivity contribution in [2.24, 2.45) is 0 Å². The number of nitrogens with one attached hydrogen (secondary N) is 1. The molecule has 2 aliphatic rings. The molecule has 1 unspecified atom stereocenters. The van der Waals surface area contributed by atoms with Crippen LogP contribution in [-0.4, -0.2) is 42.4 Å². The van der Waals surface area contributed by atoms with Gasteiger partial charge in [-0.15, -0.1) is 11.8 Å². The van der Waals surface area contributed by atoms with Gasteiger partial charge in [-0.25, -0.2) is 0 Å². The molecule has 1 fully saturated rings. The van der Waals surface area contributed by atoms with Gasteiger partial charge in [-0.3, -0.25) is 0 Å². The third-order valence-corrected chi connectivity index (χ3v) is 5.79. The first-order valence-electron chi connectivity index (χ1n) is 8.05. The number of fused-ring (bicyclic) bond motifs is 1. The molecule has 0 aromatic heterocycles. The molecule has 0 saturated carbocycles. The van der Waals surface area contributed by atoms with Crippen LogP contribution in [0.15, 0.2) is 29.2 Å². The molecule has 3 heteroatoms. The van der Waals surface area contributed by atoms with Gasteiger partial charge >= 0.3 is 0 Å². The van der Waals surface area contributed by atoms with Gasteiger partial charge in [-0.05, 0) is 56.9 Å². The van der Waals surface area contributed by atoms with E-state index < -0.39 is 0 Å². The first kappa shape index (κ1) is 14.4. The van der Waals surface area contributed by atoms with Crippen LogP contribution >= 0.6 is 11.8 Å². The van der Waals surface area contributed by atoms with Crippen LogP contribution in [0.3, 0.4) is 0 Å². The molecule has 1 aromatic rings. The fourth-order valence-electron chi connectivity index (χ4n) is 3.34. The summed E-state index contributed by atoms with van der Waals surface area (Å²) in [6.45, 7) is 7.28. The highest BCUT2D eigenvalue weighted by atomic mass is 32.2. The summed E-state index contributed by atoms with van der Waals surface area (Å²) in [6, 6.07) is 9.62. The van der Waals surface area contributed by atoms with E-state index in [9.17, 15) is 0 Å². The SMILES string of the molecule is CCCN1CCC(NCC2Cc3ccccc3S2)CC1. The summed E-state index contributed by atoms with van der Waals surface area (Å²) < 4.78 is 0. The molecule has 3 rings (SSSR count). The Morgan fingerprint density at radius 1 is 1.25 bits per heavy atom. The average molecular weight is 290 g/mol. The Morgan fingerprint density at radius 2 is 2.05 bits per heavy atom. The highest BCUT2D eigenvalue weighted by Gasteiger charge is 2.24. The molecule has 0 spiro atoms. The Kier molecular flexibility index (Phi) is 5.03. The van der Waals surface area contributed by atoms with Gasteiger partial charge in [-0.1, -0.05) is 25.1 Å². The van der Waals surface area contributed by atoms with Crippen LogP contribution in [0, 0.1) is 0 Å². The maximum atomic E-state index is 3.81. The van der Waals surface area contributed by atoms with E-state index in [-0.39, 0.29) is 0 Å². The number of piperidine rings is 1. The summed E-state index contributed by atoms with van der Waals surface area (Å²) in [7, 11) is 0. The second-order valence-electron chi connectivity index (χ2n) is 6.08. The van der Waals surface area contributed by atoms with Gasteiger partial charge < -0.3 is 10.2 Å². The van der Waals surface area contributed by atoms with Crippen molar-refractivity contribution in [2.75, 3.05) is 26.2 Å². The molecule has 0 amide bonds. The van der Waals surface area contributed by atoms with Crippen LogP contribution in [0.2, 0.25) is 0 Å². The smallest absolute Gasteiger partial charge is 0.0260 e. The normalized spacial score (nSPS) is 23.9. The minimum atomic E-state index is 0.737. The maximum Gasteiger partial charge on any atom is 0.0260 e. The summed E-state index contributed by atoms with van der Waals surface area (Å²) >= 11 is 2.06. The largest absolute Gasteiger partial charge is 0.313 e. The van der Waals surface area contributed by atoms with Gasteiger partial charge in [0, 0.05) is 22.7 Å². The van der Waals surface area contributed by atoms with Gasteiger partial charge in [0.1, 0.15) is 0 Å². The van der Waals surface area contributed by atoms with Crippen molar-refractivity contribution < 1.29 is 0 Å². The van der Waals surface area contributed by atoms with Gasteiger partial charge in [0.15, 0.2) is 0 Å². The van der Waals surface area contributed by atoms with Gasteiger partial charge in [0.05, 0.1) is 0 Å². The zero-order valence-corrected chi connectivity index (χ0v) is 13.3. The molecule has 2 heterocycles. The predicted molar refractivity (Wildman–Crippen MR) is 87.5 cm³/mol. The highest BCUT2D eigenvalue weighted by molar-refractivity contribution is 8.00. The highest BCUT2D eigenvalue weighted by Crippen LogP contribution is 2.36. The number of hydrogen-bond acceptors (Lipinski definition) is 3. The van der Waals surface area contributed by atoms with Gasteiger partial charge in [0.2, 0.25) is 0 Å². The number of rotatable bonds is 5. The second-order valence-corrected chi connectivity index (χ2v) is 7.42. The molecule has 1 saturated heterocycles. The lowest BCUT2D eigenvalue weighted by atomic mass is 10.0. The molecule has 0 bridgehead atoms. The monoisotopic (exact) mass is 290 g/mol. The molecular formula is C17H26N2S. The van der Waals surface area contributed by atoms with Crippen LogP contribution in [0.1, 0.15) is 31.7 Å². The first-order chi connectivity index (χ1) is 9.85. The van der Waals surface area contributed by atoms with Crippen LogP contribution in [0.4, 0.5) is 0 Å². The van der Waals surface area contributed by atoms with E-state index in [2.05, 4.69) is 53.2 Å². The Labute approximate surface area is 127 Å². The Morgan fingerprint density at radius 3 is 2.80 bits per heavy atom. The van der Waals surface area contributed by atoms with E-state index in [1.165, 1.54) is 50.2 Å². The lowest BCUT2D eigenvalue weighted by molar-refractivity contribution is 0.198. The van der Waals surface area contributed by atoms with Crippen molar-refractivity contribution in [1.29, 1.82) is 0 Å². The van der Waals surface area contributed by atoms with E-state index in [0.717, 1.165) is 17.8 Å². The van der Waals surface area contributed by atoms with Crippen molar-refractivity contribution in [2.45, 2.75) is 48.8 Å². The maximum absolute atomic E-state index is 3.81. The molecule has 0 aliphatic carbocycles. The number of hydrogen-bond donors (Lipinski definition) is 1. The van der Waals surface area contributed by atoms with E-state index in [0.29, 0.717) is 0 Å². The third kappa shape index (κ3) is 3.57. The van der Waals surface area contributed by atoms with Crippen LogP contribution < -0.4 is 5.32 Å². The summed E-state index contributed by atoms with van der Waals surface area (Å²) in [6.07, 6.45) is 5.17. The first-order valence-corrected chi connectivity index (χ1v) is 8.93. The fraction of sp³-hybridized carbons (Fsp3) is 0.647. The molecule has 2 aliphatic heterocycles. The van der Waals surface area contributed by atoms with Crippen LogP contribution in [-0.2, 0) is 6.42 Å². The molecule has 1 atom stereocenters. The molecule has 1 aromatic carbocycles. The van der Waals surface area contributed by atoms with Gasteiger partial charge in [-0.2, -0.15) is 0 Å². The summed E-state index contributed by atoms with van der Waals surface area (Å²) in [5.74, 6) is 0. The lowest BCUT2D eigenvalue weighted by Crippen LogP contribution is -2.44. The second kappa shape index (κ2) is 6.97. The van der Waals surface area contributed by atoms with Crippen molar-refractivity contribution in [1.82, 2.24) is 10.2 Å². The Hall–Kier alpha value is -0.510. The molecule has 2 nitrogen and oxygen atoms in total. The lowest BCUT2D eigenvalue weighted by Gasteiger charge is -2.32. The Balaban J connectivity index is 1.39. The van der Waals surface area contributed by atoms with Gasteiger partial charge in [0.25, 0.3) is 0 Å². The molecule has 1 N–H and O–H groups in total. The fourth-order valence-corrected chi connectivity index (χ4v) is 4.60. The Bertz CT molecular complexity index is 402. The van der Waals surface area contributed by atoms with E-state index in [1.807, 2.05) is 0 Å². The minimum Gasteiger partial charge on any atom is -0.313 e. The standard InChI is InChI=1S/C17H26N2S/c1-2-9-19-10-7-15(8-11-19)18-13-16-12-14-5-3-4-6-17(14)20-16/h3-6,15-16,18H,2,7-13H2,1H3. The summed E-state index contributed by atoms with van der Waals surface area (Å²) in [5, 5.41) is 4.55. The van der Waals surface area contributed by atoms with E-state index in [4.69, 9.17) is 0 Å². The van der Waals surface area contributed by atoms with E-state index in [1.54, 1.807) is 5.56 Å². The summed E-state index contributed by atoms with van der Waals surface area (Å²) in [5.41, 5.74) is 1.54. The number of benzene rings is 1. The molecule has 20 heavy (non-hydrogen) atoms.